The fourth-order valence-corrected chi connectivity index (χ4v) is 2.56. The average Bonchev–Trinajstić information content (AvgIpc) is 2.62. The second-order valence-corrected chi connectivity index (χ2v) is 5.79. The van der Waals surface area contributed by atoms with E-state index < -0.39 is 17.8 Å². The zero-order chi connectivity index (χ0) is 18.7. The predicted molar refractivity (Wildman–Crippen MR) is 89.3 cm³/mol. The molecule has 1 heterocycles. The van der Waals surface area contributed by atoms with Crippen molar-refractivity contribution in [3.8, 4) is 0 Å². The van der Waals surface area contributed by atoms with Crippen molar-refractivity contribution in [2.24, 2.45) is 5.10 Å². The molecule has 1 N–H and O–H groups in total. The van der Waals surface area contributed by atoms with E-state index in [9.17, 15) is 22.4 Å². The van der Waals surface area contributed by atoms with E-state index in [0.29, 0.717) is 25.1 Å². The molecule has 0 aromatic heterocycles. The number of alkyl halides is 3. The van der Waals surface area contributed by atoms with Gasteiger partial charge >= 0.3 is 12.2 Å². The van der Waals surface area contributed by atoms with Gasteiger partial charge in [-0.15, -0.1) is 0 Å². The first kappa shape index (κ1) is 17.9. The number of halogens is 4. The van der Waals surface area contributed by atoms with Gasteiger partial charge in [0, 0.05) is 12.2 Å². The number of nitrogens with zero attached hydrogens (tertiary/aromatic N) is 2. The molecule has 4 nitrogen and oxygen atoms in total. The smallest absolute Gasteiger partial charge is 0.306 e. The number of hydrogen-bond acceptors (Lipinski definition) is 2. The van der Waals surface area contributed by atoms with Crippen LogP contribution in [0.3, 0.4) is 0 Å². The molecule has 8 heteroatoms. The van der Waals surface area contributed by atoms with E-state index in [1.165, 1.54) is 29.3 Å². The summed E-state index contributed by atoms with van der Waals surface area (Å²) >= 11 is 0. The van der Waals surface area contributed by atoms with E-state index in [0.717, 1.165) is 17.7 Å². The zero-order valence-electron chi connectivity index (χ0n) is 13.6. The molecule has 3 rings (SSSR count). The van der Waals surface area contributed by atoms with Crippen molar-refractivity contribution in [3.63, 3.8) is 0 Å². The second-order valence-electron chi connectivity index (χ2n) is 5.79. The fourth-order valence-electron chi connectivity index (χ4n) is 2.56. The number of hydrazone groups is 1. The summed E-state index contributed by atoms with van der Waals surface area (Å²) in [5.41, 5.74) is 0.828. The minimum absolute atomic E-state index is 0.243. The van der Waals surface area contributed by atoms with E-state index >= 15 is 0 Å². The molecule has 0 radical (unpaired) electrons. The first-order valence-electron chi connectivity index (χ1n) is 7.92. The molecule has 0 fully saturated rings. The molecule has 0 atom stereocenters. The number of amides is 2. The summed E-state index contributed by atoms with van der Waals surface area (Å²) in [6.07, 6.45) is -3.10. The van der Waals surface area contributed by atoms with Gasteiger partial charge in [0.05, 0.1) is 11.3 Å². The molecule has 0 aliphatic carbocycles. The van der Waals surface area contributed by atoms with Gasteiger partial charge in [-0.05, 0) is 54.8 Å². The predicted octanol–water partition coefficient (Wildman–Crippen LogP) is 4.88. The molecule has 0 bridgehead atoms. The molecule has 2 aromatic carbocycles. The third-order valence-electron chi connectivity index (χ3n) is 3.90. The second kappa shape index (κ2) is 7.15. The summed E-state index contributed by atoms with van der Waals surface area (Å²) in [5.74, 6) is -0.359. The van der Waals surface area contributed by atoms with Crippen molar-refractivity contribution in [1.82, 2.24) is 5.01 Å². The Labute approximate surface area is 147 Å². The van der Waals surface area contributed by atoms with Crippen LogP contribution >= 0.6 is 0 Å². The van der Waals surface area contributed by atoms with Crippen molar-refractivity contribution < 1.29 is 22.4 Å². The lowest BCUT2D eigenvalue weighted by atomic mass is 10.0. The van der Waals surface area contributed by atoms with Gasteiger partial charge in [0.15, 0.2) is 0 Å². The zero-order valence-corrected chi connectivity index (χ0v) is 13.6. The summed E-state index contributed by atoms with van der Waals surface area (Å²) < 4.78 is 50.7. The number of nitrogens with one attached hydrogen (secondary N) is 1. The average molecular weight is 365 g/mol. The van der Waals surface area contributed by atoms with Crippen LogP contribution in [0.15, 0.2) is 53.6 Å². The standard InChI is InChI=1S/C18H15F4N3O/c19-14-7-3-12(4-8-14)16-2-1-11-25(24-16)17(26)23-15-9-5-13(6-10-15)18(20,21)22/h3-10H,1-2,11H2,(H,23,26). The Morgan fingerprint density at radius 3 is 2.31 bits per heavy atom. The van der Waals surface area contributed by atoms with E-state index in [-0.39, 0.29) is 11.5 Å². The van der Waals surface area contributed by atoms with Crippen LogP contribution in [0, 0.1) is 5.82 Å². The molecule has 26 heavy (non-hydrogen) atoms. The van der Waals surface area contributed by atoms with Gasteiger partial charge < -0.3 is 5.32 Å². The van der Waals surface area contributed by atoms with Gasteiger partial charge in [0.25, 0.3) is 0 Å². The highest BCUT2D eigenvalue weighted by molar-refractivity contribution is 6.02. The Balaban J connectivity index is 1.71. The van der Waals surface area contributed by atoms with E-state index in [1.807, 2.05) is 0 Å². The van der Waals surface area contributed by atoms with E-state index in [4.69, 9.17) is 0 Å². The van der Waals surface area contributed by atoms with Crippen LogP contribution in [0.1, 0.15) is 24.0 Å². The molecule has 2 aromatic rings. The number of urea groups is 1. The van der Waals surface area contributed by atoms with Crippen LogP contribution in [-0.2, 0) is 6.18 Å². The van der Waals surface area contributed by atoms with Crippen molar-refractivity contribution >= 4 is 17.4 Å². The first-order chi connectivity index (χ1) is 12.3. The van der Waals surface area contributed by atoms with Gasteiger partial charge in [-0.1, -0.05) is 12.1 Å². The lowest BCUT2D eigenvalue weighted by Crippen LogP contribution is -2.35. The van der Waals surface area contributed by atoms with Crippen molar-refractivity contribution in [1.29, 1.82) is 0 Å². The highest BCUT2D eigenvalue weighted by Gasteiger charge is 2.30. The molecule has 0 saturated heterocycles. The monoisotopic (exact) mass is 365 g/mol. The molecule has 0 saturated carbocycles. The van der Waals surface area contributed by atoms with Crippen LogP contribution in [0.25, 0.3) is 0 Å². The third-order valence-corrected chi connectivity index (χ3v) is 3.90. The van der Waals surface area contributed by atoms with Gasteiger partial charge in [0.1, 0.15) is 5.82 Å². The number of anilines is 1. The number of carbonyl (C=O) groups is 1. The molecule has 1 aliphatic rings. The highest BCUT2D eigenvalue weighted by Crippen LogP contribution is 2.29. The lowest BCUT2D eigenvalue weighted by Gasteiger charge is -2.24. The molecule has 2 amide bonds. The summed E-state index contributed by atoms with van der Waals surface area (Å²) in [7, 11) is 0. The van der Waals surface area contributed by atoms with Gasteiger partial charge in [-0.25, -0.2) is 14.2 Å². The van der Waals surface area contributed by atoms with E-state index in [2.05, 4.69) is 10.4 Å². The van der Waals surface area contributed by atoms with Crippen molar-refractivity contribution in [2.45, 2.75) is 19.0 Å². The Kier molecular flexibility index (Phi) is 4.92. The topological polar surface area (TPSA) is 44.7 Å². The lowest BCUT2D eigenvalue weighted by molar-refractivity contribution is -0.137. The minimum Gasteiger partial charge on any atom is -0.306 e. The minimum atomic E-state index is -4.43. The van der Waals surface area contributed by atoms with Crippen molar-refractivity contribution in [2.75, 3.05) is 11.9 Å². The Morgan fingerprint density at radius 1 is 1.04 bits per heavy atom. The molecule has 1 aliphatic heterocycles. The molecule has 136 valence electrons. The van der Waals surface area contributed by atoms with Gasteiger partial charge in [-0.3, -0.25) is 0 Å². The van der Waals surface area contributed by atoms with E-state index in [1.54, 1.807) is 12.1 Å². The summed E-state index contributed by atoms with van der Waals surface area (Å²) in [6.45, 7) is 0.386. The number of hydrogen-bond donors (Lipinski definition) is 1. The molecular weight excluding hydrogens is 350 g/mol. The fraction of sp³-hybridized carbons (Fsp3) is 0.222. The molecular formula is C18H15F4N3O. The largest absolute Gasteiger partial charge is 0.416 e. The van der Waals surface area contributed by atoms with Gasteiger partial charge in [-0.2, -0.15) is 18.3 Å². The third kappa shape index (κ3) is 4.19. The van der Waals surface area contributed by atoms with Crippen LogP contribution in [0.2, 0.25) is 0 Å². The maximum absolute atomic E-state index is 13.0. The Morgan fingerprint density at radius 2 is 1.69 bits per heavy atom. The van der Waals surface area contributed by atoms with Gasteiger partial charge in [0.2, 0.25) is 0 Å². The number of benzene rings is 2. The number of rotatable bonds is 2. The molecule has 0 unspecified atom stereocenters. The maximum atomic E-state index is 13.0. The Bertz CT molecular complexity index is 814. The SMILES string of the molecule is O=C(Nc1ccc(C(F)(F)F)cc1)N1CCCC(c2ccc(F)cc2)=N1. The van der Waals surface area contributed by atoms with Crippen LogP contribution in [-0.4, -0.2) is 23.3 Å². The quantitative estimate of drug-likeness (QED) is 0.758. The van der Waals surface area contributed by atoms with Crippen molar-refractivity contribution in [3.05, 3.63) is 65.5 Å². The first-order valence-corrected chi connectivity index (χ1v) is 7.92. The Hall–Kier alpha value is -2.90. The summed E-state index contributed by atoms with van der Waals surface area (Å²) in [4.78, 5) is 12.3. The number of carbonyl (C=O) groups excluding carboxylic acids is 1. The normalized spacial score (nSPS) is 14.8. The van der Waals surface area contributed by atoms with Crippen LogP contribution < -0.4 is 5.32 Å². The van der Waals surface area contributed by atoms with Crippen LogP contribution in [0.5, 0.6) is 0 Å². The molecule has 0 spiro atoms. The maximum Gasteiger partial charge on any atom is 0.416 e. The van der Waals surface area contributed by atoms with Crippen LogP contribution in [0.4, 0.5) is 28.0 Å². The summed E-state index contributed by atoms with van der Waals surface area (Å²) in [5, 5.41) is 8.02. The summed E-state index contributed by atoms with van der Waals surface area (Å²) in [6, 6.07) is 9.46. The highest BCUT2D eigenvalue weighted by atomic mass is 19.4.